The quantitative estimate of drug-likeness (QED) is 0.452. The summed E-state index contributed by atoms with van der Waals surface area (Å²) >= 11 is 0. The Balaban J connectivity index is 1.40. The van der Waals surface area contributed by atoms with Crippen molar-refractivity contribution in [3.63, 3.8) is 0 Å². The first-order valence-electron chi connectivity index (χ1n) is 8.85. The number of fused-ring (bicyclic) bond motifs is 1. The summed E-state index contributed by atoms with van der Waals surface area (Å²) in [6, 6.07) is 19.9. The molecule has 0 aliphatic carbocycles. The topological polar surface area (TPSA) is 56.7 Å². The molecule has 2 aliphatic rings. The average Bonchev–Trinajstić information content (AvgIpc) is 3.36. The van der Waals surface area contributed by atoms with E-state index in [1.54, 1.807) is 12.1 Å². The molecular weight excluding hydrogens is 355 g/mol. The van der Waals surface area contributed by atoms with Crippen LogP contribution in [-0.2, 0) is 6.54 Å². The molecule has 6 heteroatoms. The van der Waals surface area contributed by atoms with Gasteiger partial charge < -0.3 is 9.09 Å². The van der Waals surface area contributed by atoms with E-state index in [0.717, 1.165) is 22.5 Å². The van der Waals surface area contributed by atoms with Crippen molar-refractivity contribution >= 4 is 0 Å². The third kappa shape index (κ3) is 3.16. The van der Waals surface area contributed by atoms with Crippen molar-refractivity contribution in [1.29, 1.82) is 0 Å². The predicted octanol–water partition coefficient (Wildman–Crippen LogP) is 4.89. The van der Waals surface area contributed by atoms with Crippen LogP contribution >= 0.6 is 0 Å². The van der Waals surface area contributed by atoms with E-state index in [4.69, 9.17) is 4.52 Å². The van der Waals surface area contributed by atoms with Gasteiger partial charge >= 0.3 is 0 Å². The normalized spacial score (nSPS) is 11.2. The van der Waals surface area contributed by atoms with Crippen LogP contribution < -0.4 is 0 Å². The number of halogens is 1. The van der Waals surface area contributed by atoms with Crippen LogP contribution in [0.4, 0.5) is 4.39 Å². The van der Waals surface area contributed by atoms with Gasteiger partial charge in [-0.25, -0.2) is 14.4 Å². The number of hydrogen-bond donors (Lipinski definition) is 0. The van der Waals surface area contributed by atoms with Crippen LogP contribution in [0.1, 0.15) is 5.76 Å². The smallest absolute Gasteiger partial charge is 0.160 e. The molecular formula is C22H15FN4O. The largest absolute Gasteiger partial charge is 0.359 e. The zero-order valence-electron chi connectivity index (χ0n) is 14.8. The van der Waals surface area contributed by atoms with Crippen molar-refractivity contribution in [2.75, 3.05) is 0 Å². The van der Waals surface area contributed by atoms with E-state index in [0.29, 0.717) is 23.8 Å². The second-order valence-electron chi connectivity index (χ2n) is 6.49. The van der Waals surface area contributed by atoms with Crippen LogP contribution in [0.15, 0.2) is 83.6 Å². The molecule has 0 spiro atoms. The molecule has 0 N–H and O–H groups in total. The average molecular weight is 370 g/mol. The van der Waals surface area contributed by atoms with Crippen molar-refractivity contribution in [2.45, 2.75) is 6.54 Å². The number of aromatic nitrogens is 4. The van der Waals surface area contributed by atoms with Crippen LogP contribution in [-0.4, -0.2) is 19.7 Å². The van der Waals surface area contributed by atoms with Crippen molar-refractivity contribution in [3.8, 4) is 34.0 Å². The Kier molecular flexibility index (Phi) is 3.94. The molecule has 1 aromatic heterocycles. The highest BCUT2D eigenvalue weighted by molar-refractivity contribution is 5.65. The predicted molar refractivity (Wildman–Crippen MR) is 103 cm³/mol. The van der Waals surface area contributed by atoms with E-state index >= 15 is 0 Å². The van der Waals surface area contributed by atoms with Crippen LogP contribution in [0.3, 0.4) is 0 Å². The Bertz CT molecular complexity index is 1190. The Labute approximate surface area is 160 Å². The number of pyridine rings is 1. The lowest BCUT2D eigenvalue weighted by molar-refractivity contribution is 0.378. The maximum absolute atomic E-state index is 13.1. The lowest BCUT2D eigenvalue weighted by atomic mass is 10.1. The highest BCUT2D eigenvalue weighted by Gasteiger charge is 2.13. The highest BCUT2D eigenvalue weighted by atomic mass is 19.1. The van der Waals surface area contributed by atoms with E-state index in [-0.39, 0.29) is 5.82 Å². The molecule has 28 heavy (non-hydrogen) atoms. The van der Waals surface area contributed by atoms with Gasteiger partial charge in [-0.3, -0.25) is 0 Å². The summed E-state index contributed by atoms with van der Waals surface area (Å²) in [5.74, 6) is 1.14. The van der Waals surface area contributed by atoms with Crippen LogP contribution in [0, 0.1) is 5.82 Å². The third-order valence-electron chi connectivity index (χ3n) is 4.50. The highest BCUT2D eigenvalue weighted by Crippen LogP contribution is 2.25. The van der Waals surface area contributed by atoms with Gasteiger partial charge in [-0.2, -0.15) is 0 Å². The van der Waals surface area contributed by atoms with E-state index < -0.39 is 0 Å². The summed E-state index contributed by atoms with van der Waals surface area (Å²) in [5, 5.41) is 4.08. The van der Waals surface area contributed by atoms with Crippen LogP contribution in [0.2, 0.25) is 0 Å². The molecule has 5 rings (SSSR count). The van der Waals surface area contributed by atoms with E-state index in [9.17, 15) is 4.39 Å². The molecule has 0 unspecified atom stereocenters. The fourth-order valence-electron chi connectivity index (χ4n) is 3.09. The molecule has 5 nitrogen and oxygen atoms in total. The number of nitrogens with zero attached hydrogens (tertiary/aromatic N) is 4. The van der Waals surface area contributed by atoms with Gasteiger partial charge in [0.05, 0.1) is 12.2 Å². The van der Waals surface area contributed by atoms with E-state index in [1.807, 2.05) is 59.4 Å². The van der Waals surface area contributed by atoms with Crippen molar-refractivity contribution in [2.24, 2.45) is 0 Å². The lowest BCUT2D eigenvalue weighted by Gasteiger charge is -2.04. The molecule has 2 aromatic carbocycles. The number of imidazole rings is 1. The molecule has 0 bridgehead atoms. The SMILES string of the molecule is Fc1ccc(-c2cc(Cn3ccc4nc(-c5ccccc5)nc-4c3)on2)cc1. The number of hydrogen-bond acceptors (Lipinski definition) is 4. The van der Waals surface area contributed by atoms with Crippen molar-refractivity contribution in [1.82, 2.24) is 19.7 Å². The Morgan fingerprint density at radius 1 is 0.821 bits per heavy atom. The molecule has 136 valence electrons. The van der Waals surface area contributed by atoms with Gasteiger partial charge in [-0.1, -0.05) is 35.5 Å². The fraction of sp³-hybridized carbons (Fsp3) is 0.0455. The maximum Gasteiger partial charge on any atom is 0.160 e. The summed E-state index contributed by atoms with van der Waals surface area (Å²) < 4.78 is 20.5. The molecule has 3 aromatic rings. The summed E-state index contributed by atoms with van der Waals surface area (Å²) in [7, 11) is 0. The minimum atomic E-state index is -0.276. The molecule has 3 heterocycles. The maximum atomic E-state index is 13.1. The third-order valence-corrected chi connectivity index (χ3v) is 4.50. The van der Waals surface area contributed by atoms with Crippen molar-refractivity contribution < 1.29 is 8.91 Å². The Morgan fingerprint density at radius 3 is 2.43 bits per heavy atom. The molecule has 0 saturated carbocycles. The molecule has 0 fully saturated rings. The zero-order chi connectivity index (χ0) is 18.9. The molecule has 0 amide bonds. The first-order chi connectivity index (χ1) is 13.7. The lowest BCUT2D eigenvalue weighted by Crippen LogP contribution is -1.99. The van der Waals surface area contributed by atoms with Crippen LogP contribution in [0.25, 0.3) is 34.0 Å². The van der Waals surface area contributed by atoms with Gasteiger partial charge in [0.2, 0.25) is 0 Å². The Hall–Kier alpha value is -3.80. The standard InChI is InChI=1S/C22H15FN4O/c23-17-8-6-15(7-9-17)20-12-18(28-26-20)13-27-11-10-19-21(14-27)25-22(24-19)16-4-2-1-3-5-16/h1-12,14H,13H2. The molecule has 0 saturated heterocycles. The van der Waals surface area contributed by atoms with Gasteiger partial charge in [-0.05, 0) is 30.3 Å². The van der Waals surface area contributed by atoms with Gasteiger partial charge in [0, 0.05) is 29.6 Å². The monoisotopic (exact) mass is 370 g/mol. The second kappa shape index (κ2) is 6.74. The van der Waals surface area contributed by atoms with Gasteiger partial charge in [0.25, 0.3) is 0 Å². The summed E-state index contributed by atoms with van der Waals surface area (Å²) in [6.07, 6.45) is 3.88. The number of rotatable bonds is 4. The van der Waals surface area contributed by atoms with Gasteiger partial charge in [0.15, 0.2) is 11.6 Å². The first kappa shape index (κ1) is 16.4. The minimum Gasteiger partial charge on any atom is -0.359 e. The summed E-state index contributed by atoms with van der Waals surface area (Å²) in [4.78, 5) is 9.22. The Morgan fingerprint density at radius 2 is 1.61 bits per heavy atom. The van der Waals surface area contributed by atoms with E-state index in [1.165, 1.54) is 12.1 Å². The summed E-state index contributed by atoms with van der Waals surface area (Å²) in [6.45, 7) is 0.512. The molecule has 0 radical (unpaired) electrons. The second-order valence-corrected chi connectivity index (χ2v) is 6.49. The first-order valence-corrected chi connectivity index (χ1v) is 8.85. The number of benzene rings is 2. The summed E-state index contributed by atoms with van der Waals surface area (Å²) in [5.41, 5.74) is 4.14. The van der Waals surface area contributed by atoms with E-state index in [2.05, 4.69) is 15.1 Å². The molecule has 2 aliphatic heterocycles. The molecule has 0 atom stereocenters. The fourth-order valence-corrected chi connectivity index (χ4v) is 3.09. The van der Waals surface area contributed by atoms with Crippen LogP contribution in [0.5, 0.6) is 0 Å². The van der Waals surface area contributed by atoms with Gasteiger partial charge in [-0.15, -0.1) is 0 Å². The zero-order valence-corrected chi connectivity index (χ0v) is 14.8. The van der Waals surface area contributed by atoms with Gasteiger partial charge in [0.1, 0.15) is 17.2 Å². The van der Waals surface area contributed by atoms with Crippen molar-refractivity contribution in [3.05, 3.63) is 90.7 Å². The minimum absolute atomic E-state index is 0.276.